The van der Waals surface area contributed by atoms with Gasteiger partial charge in [-0.25, -0.2) is 0 Å². The second-order valence-corrected chi connectivity index (χ2v) is 6.95. The van der Waals surface area contributed by atoms with Crippen molar-refractivity contribution in [2.75, 3.05) is 19.6 Å². The Bertz CT molecular complexity index is 616. The minimum Gasteiger partial charge on any atom is -0.347 e. The fraction of sp³-hybridized carbons (Fsp3) is 0.438. The normalized spacial score (nSPS) is 27.3. The summed E-state index contributed by atoms with van der Waals surface area (Å²) in [5.41, 5.74) is 0. The molecule has 1 N–H and O–H groups in total. The van der Waals surface area contributed by atoms with E-state index in [-0.39, 0.29) is 18.3 Å². The van der Waals surface area contributed by atoms with Crippen LogP contribution in [0.15, 0.2) is 30.3 Å². The third kappa shape index (κ3) is 2.80. The Kier molecular flexibility index (Phi) is 4.20. The van der Waals surface area contributed by atoms with E-state index in [1.807, 2.05) is 18.2 Å². The fourth-order valence-electron chi connectivity index (χ4n) is 3.46. The third-order valence-corrected chi connectivity index (χ3v) is 5.74. The number of nitrogens with zero attached hydrogens (tertiary/aromatic N) is 1. The quantitative estimate of drug-likeness (QED) is 0.921. The number of carbonyl (C=O) groups excluding carboxylic acids is 1. The first-order chi connectivity index (χ1) is 9.79. The molecule has 0 saturated carbocycles. The number of rotatable bonds is 2. The number of piperidine rings is 3. The molecule has 3 aliphatic heterocycles. The maximum atomic E-state index is 12.4. The molecule has 1 aromatic heterocycles. The van der Waals surface area contributed by atoms with Gasteiger partial charge < -0.3 is 10.2 Å². The minimum absolute atomic E-state index is 0. The number of nitrogens with one attached hydrogen (secondary N) is 1. The maximum absolute atomic E-state index is 12.4. The maximum Gasteiger partial charge on any atom is 0.261 e. The average molecular weight is 323 g/mol. The lowest BCUT2D eigenvalue weighted by molar-refractivity contribution is 0.0622. The standard InChI is InChI=1S/C16H18N2OS.ClH/c19-16(15-9-12-3-1-2-4-14(12)20-15)17-13-10-18-7-5-11(13)6-8-18;/h1-4,9,11,13H,5-8,10H2,(H,17,19);1H/t13-;/m0./s1. The summed E-state index contributed by atoms with van der Waals surface area (Å²) < 4.78 is 1.19. The van der Waals surface area contributed by atoms with Gasteiger partial charge in [0.2, 0.25) is 0 Å². The van der Waals surface area contributed by atoms with Gasteiger partial charge in [-0.2, -0.15) is 0 Å². The molecule has 0 spiro atoms. The molecule has 5 heteroatoms. The Labute approximate surface area is 134 Å². The van der Waals surface area contributed by atoms with E-state index in [1.165, 1.54) is 30.6 Å². The Balaban J connectivity index is 0.00000132. The summed E-state index contributed by atoms with van der Waals surface area (Å²) in [7, 11) is 0. The average Bonchev–Trinajstić information content (AvgIpc) is 2.92. The highest BCUT2D eigenvalue weighted by molar-refractivity contribution is 7.20. The Morgan fingerprint density at radius 2 is 2.00 bits per heavy atom. The topological polar surface area (TPSA) is 32.3 Å². The molecule has 4 heterocycles. The van der Waals surface area contributed by atoms with Crippen LogP contribution in [0.2, 0.25) is 0 Å². The number of carbonyl (C=O) groups is 1. The van der Waals surface area contributed by atoms with Gasteiger partial charge in [-0.3, -0.25) is 4.79 Å². The van der Waals surface area contributed by atoms with Crippen LogP contribution in [0.5, 0.6) is 0 Å². The Morgan fingerprint density at radius 3 is 2.67 bits per heavy atom. The lowest BCUT2D eigenvalue weighted by atomic mass is 9.84. The molecule has 0 radical (unpaired) electrons. The Morgan fingerprint density at radius 1 is 1.24 bits per heavy atom. The summed E-state index contributed by atoms with van der Waals surface area (Å²) in [5.74, 6) is 0.781. The summed E-state index contributed by atoms with van der Waals surface area (Å²) in [6.07, 6.45) is 2.47. The lowest BCUT2D eigenvalue weighted by Crippen LogP contribution is -2.57. The zero-order valence-corrected chi connectivity index (χ0v) is 13.4. The highest BCUT2D eigenvalue weighted by Gasteiger charge is 2.35. The highest BCUT2D eigenvalue weighted by atomic mass is 35.5. The van der Waals surface area contributed by atoms with Crippen molar-refractivity contribution in [2.24, 2.45) is 5.92 Å². The van der Waals surface area contributed by atoms with Crippen LogP contribution in [0.1, 0.15) is 22.5 Å². The number of hydrogen-bond donors (Lipinski definition) is 1. The van der Waals surface area contributed by atoms with Crippen molar-refractivity contribution in [2.45, 2.75) is 18.9 Å². The van der Waals surface area contributed by atoms with Crippen LogP contribution < -0.4 is 5.32 Å². The summed E-state index contributed by atoms with van der Waals surface area (Å²) in [5, 5.41) is 4.42. The molecule has 21 heavy (non-hydrogen) atoms. The molecule has 2 bridgehead atoms. The summed E-state index contributed by atoms with van der Waals surface area (Å²) >= 11 is 1.59. The van der Waals surface area contributed by atoms with E-state index in [0.29, 0.717) is 12.0 Å². The lowest BCUT2D eigenvalue weighted by Gasteiger charge is -2.44. The van der Waals surface area contributed by atoms with Gasteiger partial charge in [-0.05, 0) is 49.4 Å². The number of halogens is 1. The number of fused-ring (bicyclic) bond motifs is 4. The zero-order chi connectivity index (χ0) is 13.5. The van der Waals surface area contributed by atoms with E-state index in [9.17, 15) is 4.79 Å². The summed E-state index contributed by atoms with van der Waals surface area (Å²) in [6.45, 7) is 3.45. The molecule has 0 unspecified atom stereocenters. The summed E-state index contributed by atoms with van der Waals surface area (Å²) in [4.78, 5) is 15.7. The first-order valence-corrected chi connectivity index (χ1v) is 8.13. The number of hydrogen-bond acceptors (Lipinski definition) is 3. The second kappa shape index (κ2) is 5.95. The van der Waals surface area contributed by atoms with Gasteiger partial charge in [-0.1, -0.05) is 18.2 Å². The van der Waals surface area contributed by atoms with Crippen LogP contribution in [0, 0.1) is 5.92 Å². The first kappa shape index (κ1) is 14.8. The molecule has 1 atom stereocenters. The predicted octanol–water partition coefficient (Wildman–Crippen LogP) is 3.15. The Hall–Kier alpha value is -1.10. The first-order valence-electron chi connectivity index (χ1n) is 7.31. The van der Waals surface area contributed by atoms with Crippen LogP contribution in [-0.2, 0) is 0 Å². The second-order valence-electron chi connectivity index (χ2n) is 5.87. The van der Waals surface area contributed by atoms with E-state index < -0.39 is 0 Å². The molecule has 3 nitrogen and oxygen atoms in total. The molecule has 2 aromatic rings. The molecule has 3 fully saturated rings. The molecule has 3 saturated heterocycles. The third-order valence-electron chi connectivity index (χ3n) is 4.62. The van der Waals surface area contributed by atoms with Crippen molar-refractivity contribution < 1.29 is 4.79 Å². The number of thiophene rings is 1. The van der Waals surface area contributed by atoms with Crippen molar-refractivity contribution in [3.63, 3.8) is 0 Å². The van der Waals surface area contributed by atoms with E-state index in [2.05, 4.69) is 22.3 Å². The molecule has 5 rings (SSSR count). The number of amides is 1. The van der Waals surface area contributed by atoms with Crippen molar-refractivity contribution in [3.8, 4) is 0 Å². The molecule has 1 aromatic carbocycles. The van der Waals surface area contributed by atoms with Crippen LogP contribution in [0.3, 0.4) is 0 Å². The smallest absolute Gasteiger partial charge is 0.261 e. The molecular formula is C16H19ClN2OS. The van der Waals surface area contributed by atoms with Crippen molar-refractivity contribution in [1.82, 2.24) is 10.2 Å². The molecule has 3 aliphatic rings. The largest absolute Gasteiger partial charge is 0.347 e. The van der Waals surface area contributed by atoms with Crippen molar-refractivity contribution in [3.05, 3.63) is 35.2 Å². The molecule has 1 amide bonds. The number of benzene rings is 1. The molecule has 112 valence electrons. The van der Waals surface area contributed by atoms with Crippen LogP contribution in [0.25, 0.3) is 10.1 Å². The van der Waals surface area contributed by atoms with E-state index in [4.69, 9.17) is 0 Å². The van der Waals surface area contributed by atoms with Crippen LogP contribution in [0.4, 0.5) is 0 Å². The van der Waals surface area contributed by atoms with Gasteiger partial charge in [0.25, 0.3) is 5.91 Å². The van der Waals surface area contributed by atoms with Crippen LogP contribution >= 0.6 is 23.7 Å². The van der Waals surface area contributed by atoms with Crippen molar-refractivity contribution in [1.29, 1.82) is 0 Å². The van der Waals surface area contributed by atoms with Gasteiger partial charge >= 0.3 is 0 Å². The zero-order valence-electron chi connectivity index (χ0n) is 11.7. The van der Waals surface area contributed by atoms with E-state index in [1.54, 1.807) is 11.3 Å². The molecule has 0 aliphatic carbocycles. The van der Waals surface area contributed by atoms with Gasteiger partial charge in [0.1, 0.15) is 0 Å². The van der Waals surface area contributed by atoms with Gasteiger partial charge in [-0.15, -0.1) is 23.7 Å². The van der Waals surface area contributed by atoms with E-state index >= 15 is 0 Å². The van der Waals surface area contributed by atoms with Crippen molar-refractivity contribution >= 4 is 39.7 Å². The monoisotopic (exact) mass is 322 g/mol. The van der Waals surface area contributed by atoms with Gasteiger partial charge in [0, 0.05) is 17.3 Å². The van der Waals surface area contributed by atoms with Gasteiger partial charge in [0.15, 0.2) is 0 Å². The predicted molar refractivity (Wildman–Crippen MR) is 89.5 cm³/mol. The highest BCUT2D eigenvalue weighted by Crippen LogP contribution is 2.29. The molecular weight excluding hydrogens is 304 g/mol. The van der Waals surface area contributed by atoms with Gasteiger partial charge in [0.05, 0.1) is 4.88 Å². The van der Waals surface area contributed by atoms with Crippen LogP contribution in [-0.4, -0.2) is 36.5 Å². The van der Waals surface area contributed by atoms with E-state index in [0.717, 1.165) is 16.8 Å². The SMILES string of the molecule is Cl.O=C(N[C@H]1CN2CCC1CC2)c1cc2ccccc2s1. The fourth-order valence-corrected chi connectivity index (χ4v) is 4.43. The summed E-state index contributed by atoms with van der Waals surface area (Å²) in [6, 6.07) is 10.5. The minimum atomic E-state index is 0.